The third-order valence-electron chi connectivity index (χ3n) is 1.75. The minimum atomic E-state index is -1.55. The predicted octanol–water partition coefficient (Wildman–Crippen LogP) is 1.13. The van der Waals surface area contributed by atoms with Crippen LogP contribution in [0.1, 0.15) is 10.4 Å². The van der Waals surface area contributed by atoms with Crippen molar-refractivity contribution in [1.82, 2.24) is 0 Å². The van der Waals surface area contributed by atoms with Crippen LogP contribution in [-0.2, 0) is 9.53 Å². The quantitative estimate of drug-likeness (QED) is 0.591. The average molecular weight is 223 g/mol. The first-order valence-electron chi connectivity index (χ1n) is 4.27. The molecule has 6 heteroatoms. The summed E-state index contributed by atoms with van der Waals surface area (Å²) in [5.41, 5.74) is 0.278. The number of anilines is 1. The molecule has 84 valence electrons. The lowest BCUT2D eigenvalue weighted by Crippen LogP contribution is -2.14. The van der Waals surface area contributed by atoms with Crippen LogP contribution in [-0.4, -0.2) is 30.1 Å². The van der Waals surface area contributed by atoms with E-state index in [0.717, 1.165) is 0 Å². The number of rotatable bonds is 3. The fourth-order valence-electron chi connectivity index (χ4n) is 1.03. The molecule has 0 aliphatic carbocycles. The molecule has 0 bridgehead atoms. The van der Waals surface area contributed by atoms with Crippen molar-refractivity contribution in [3.8, 4) is 0 Å². The van der Waals surface area contributed by atoms with Crippen LogP contribution in [0.5, 0.6) is 0 Å². The van der Waals surface area contributed by atoms with E-state index >= 15 is 0 Å². The Morgan fingerprint density at radius 1 is 1.31 bits per heavy atom. The Morgan fingerprint density at radius 3 is 2.56 bits per heavy atom. The molecular formula is C10H9NO5. The van der Waals surface area contributed by atoms with Crippen molar-refractivity contribution in [2.75, 3.05) is 12.4 Å². The van der Waals surface area contributed by atoms with Crippen LogP contribution in [0.15, 0.2) is 24.3 Å². The summed E-state index contributed by atoms with van der Waals surface area (Å²) in [4.78, 5) is 32.4. The van der Waals surface area contributed by atoms with Gasteiger partial charge in [0, 0.05) is 11.3 Å². The van der Waals surface area contributed by atoms with Gasteiger partial charge >= 0.3 is 12.1 Å². The second kappa shape index (κ2) is 4.92. The van der Waals surface area contributed by atoms with Crippen LogP contribution in [0, 0.1) is 0 Å². The first kappa shape index (κ1) is 11.7. The Balaban J connectivity index is 2.91. The third-order valence-corrected chi connectivity index (χ3v) is 1.75. The van der Waals surface area contributed by atoms with Crippen LogP contribution in [0.3, 0.4) is 0 Å². The first-order chi connectivity index (χ1) is 7.54. The van der Waals surface area contributed by atoms with Gasteiger partial charge in [-0.3, -0.25) is 10.1 Å². The van der Waals surface area contributed by atoms with Crippen molar-refractivity contribution in [3.05, 3.63) is 29.8 Å². The van der Waals surface area contributed by atoms with E-state index in [4.69, 9.17) is 5.11 Å². The number of aliphatic carboxylic acids is 1. The summed E-state index contributed by atoms with van der Waals surface area (Å²) in [5.74, 6) is -2.58. The van der Waals surface area contributed by atoms with E-state index in [1.165, 1.54) is 31.4 Å². The van der Waals surface area contributed by atoms with E-state index in [9.17, 15) is 14.4 Å². The fraction of sp³-hybridized carbons (Fsp3) is 0.100. The zero-order valence-electron chi connectivity index (χ0n) is 8.39. The van der Waals surface area contributed by atoms with Crippen LogP contribution >= 0.6 is 0 Å². The van der Waals surface area contributed by atoms with E-state index in [1.807, 2.05) is 0 Å². The smallest absolute Gasteiger partial charge is 0.411 e. The molecule has 16 heavy (non-hydrogen) atoms. The lowest BCUT2D eigenvalue weighted by Gasteiger charge is -2.04. The highest BCUT2D eigenvalue weighted by molar-refractivity contribution is 6.40. The van der Waals surface area contributed by atoms with Gasteiger partial charge in [-0.05, 0) is 12.1 Å². The third kappa shape index (κ3) is 2.81. The Kier molecular flexibility index (Phi) is 3.60. The Hall–Kier alpha value is -2.37. The van der Waals surface area contributed by atoms with Gasteiger partial charge in [0.2, 0.25) is 0 Å². The van der Waals surface area contributed by atoms with Crippen molar-refractivity contribution in [1.29, 1.82) is 0 Å². The summed E-state index contributed by atoms with van der Waals surface area (Å²) in [5, 5.41) is 10.8. The number of benzene rings is 1. The number of carbonyl (C=O) groups excluding carboxylic acids is 2. The number of ketones is 1. The molecule has 0 spiro atoms. The number of hydrogen-bond donors (Lipinski definition) is 2. The molecule has 0 atom stereocenters. The number of Topliss-reactive ketones (excluding diaryl/α,β-unsaturated/α-hetero) is 1. The van der Waals surface area contributed by atoms with Gasteiger partial charge in [0.05, 0.1) is 7.11 Å². The standard InChI is InChI=1S/C10H9NO5/c1-16-10(15)11-7-4-2-3-6(5-7)8(12)9(13)14/h2-5H,1H3,(H,11,15)(H,13,14). The number of hydrogen-bond acceptors (Lipinski definition) is 4. The van der Waals surface area contributed by atoms with Gasteiger partial charge in [-0.15, -0.1) is 0 Å². The zero-order valence-corrected chi connectivity index (χ0v) is 8.39. The maximum atomic E-state index is 11.1. The van der Waals surface area contributed by atoms with Crippen LogP contribution in [0.25, 0.3) is 0 Å². The largest absolute Gasteiger partial charge is 0.475 e. The summed E-state index contributed by atoms with van der Waals surface area (Å²) >= 11 is 0. The highest BCUT2D eigenvalue weighted by Gasteiger charge is 2.14. The monoisotopic (exact) mass is 223 g/mol. The van der Waals surface area contributed by atoms with Crippen molar-refractivity contribution >= 4 is 23.5 Å². The molecule has 1 rings (SSSR count). The molecule has 0 saturated carbocycles. The number of carboxylic acids is 1. The molecular weight excluding hydrogens is 214 g/mol. The molecule has 0 radical (unpaired) electrons. The number of ether oxygens (including phenoxy) is 1. The van der Waals surface area contributed by atoms with Crippen LogP contribution < -0.4 is 5.32 Å². The predicted molar refractivity (Wildman–Crippen MR) is 54.4 cm³/mol. The van der Waals surface area contributed by atoms with Gasteiger partial charge < -0.3 is 9.84 Å². The molecule has 1 amide bonds. The van der Waals surface area contributed by atoms with Crippen molar-refractivity contribution in [2.24, 2.45) is 0 Å². The Labute approximate surface area is 90.8 Å². The molecule has 0 aliphatic heterocycles. The summed E-state index contributed by atoms with van der Waals surface area (Å²) in [6.45, 7) is 0. The maximum absolute atomic E-state index is 11.1. The number of amides is 1. The van der Waals surface area contributed by atoms with E-state index in [0.29, 0.717) is 5.69 Å². The summed E-state index contributed by atoms with van der Waals surface area (Å²) in [7, 11) is 1.20. The van der Waals surface area contributed by atoms with Crippen molar-refractivity contribution < 1.29 is 24.2 Å². The Morgan fingerprint density at radius 2 is 2.00 bits per heavy atom. The molecule has 0 aliphatic rings. The first-order valence-corrected chi connectivity index (χ1v) is 4.27. The molecule has 0 unspecified atom stereocenters. The Bertz CT molecular complexity index is 441. The summed E-state index contributed by atoms with van der Waals surface area (Å²) in [6.07, 6.45) is -0.695. The minimum Gasteiger partial charge on any atom is -0.475 e. The number of nitrogens with one attached hydrogen (secondary N) is 1. The lowest BCUT2D eigenvalue weighted by atomic mass is 10.1. The van der Waals surface area contributed by atoms with E-state index < -0.39 is 17.8 Å². The van der Waals surface area contributed by atoms with Gasteiger partial charge in [0.1, 0.15) is 0 Å². The fourth-order valence-corrected chi connectivity index (χ4v) is 1.03. The summed E-state index contributed by atoms with van der Waals surface area (Å²) in [6, 6.07) is 5.57. The van der Waals surface area contributed by atoms with Gasteiger partial charge in [-0.2, -0.15) is 0 Å². The molecule has 1 aromatic rings. The van der Waals surface area contributed by atoms with E-state index in [1.54, 1.807) is 0 Å². The lowest BCUT2D eigenvalue weighted by molar-refractivity contribution is -0.131. The topological polar surface area (TPSA) is 92.7 Å². The number of carboxylic acid groups (broad SMARTS) is 1. The molecule has 6 nitrogen and oxygen atoms in total. The molecule has 0 aromatic heterocycles. The second-order valence-electron chi connectivity index (χ2n) is 2.83. The normalized spacial score (nSPS) is 9.31. The van der Waals surface area contributed by atoms with Gasteiger partial charge in [0.25, 0.3) is 5.78 Å². The van der Waals surface area contributed by atoms with Crippen molar-refractivity contribution in [2.45, 2.75) is 0 Å². The zero-order chi connectivity index (χ0) is 12.1. The highest BCUT2D eigenvalue weighted by Crippen LogP contribution is 2.11. The van der Waals surface area contributed by atoms with E-state index in [2.05, 4.69) is 10.1 Å². The van der Waals surface area contributed by atoms with Gasteiger partial charge in [-0.25, -0.2) is 9.59 Å². The van der Waals surface area contributed by atoms with Gasteiger partial charge in [0.15, 0.2) is 0 Å². The van der Waals surface area contributed by atoms with Crippen molar-refractivity contribution in [3.63, 3.8) is 0 Å². The number of carbonyl (C=O) groups is 3. The van der Waals surface area contributed by atoms with Crippen LogP contribution in [0.2, 0.25) is 0 Å². The van der Waals surface area contributed by atoms with E-state index in [-0.39, 0.29) is 5.56 Å². The average Bonchev–Trinajstić information content (AvgIpc) is 2.28. The SMILES string of the molecule is COC(=O)Nc1cccc(C(=O)C(=O)O)c1. The molecule has 0 fully saturated rings. The summed E-state index contributed by atoms with van der Waals surface area (Å²) < 4.78 is 4.35. The molecule has 1 aromatic carbocycles. The molecule has 0 heterocycles. The molecule has 0 saturated heterocycles. The molecule has 2 N–H and O–H groups in total. The minimum absolute atomic E-state index is 0.0126. The van der Waals surface area contributed by atoms with Crippen LogP contribution in [0.4, 0.5) is 10.5 Å². The maximum Gasteiger partial charge on any atom is 0.411 e. The highest BCUT2D eigenvalue weighted by atomic mass is 16.5. The van der Waals surface area contributed by atoms with Gasteiger partial charge in [-0.1, -0.05) is 12.1 Å². The number of methoxy groups -OCH3 is 1. The second-order valence-corrected chi connectivity index (χ2v) is 2.83.